The summed E-state index contributed by atoms with van der Waals surface area (Å²) >= 11 is 0. The van der Waals surface area contributed by atoms with Gasteiger partial charge in [-0.05, 0) is 37.6 Å². The first-order valence-corrected chi connectivity index (χ1v) is 6.17. The molecule has 4 nitrogen and oxygen atoms in total. The van der Waals surface area contributed by atoms with E-state index in [9.17, 15) is 4.79 Å². The van der Waals surface area contributed by atoms with Gasteiger partial charge in [0.1, 0.15) is 6.61 Å². The first-order chi connectivity index (χ1) is 9.61. The van der Waals surface area contributed by atoms with Crippen molar-refractivity contribution < 1.29 is 14.3 Å². The molecule has 0 aliphatic carbocycles. The predicted molar refractivity (Wildman–Crippen MR) is 76.5 cm³/mol. The molecule has 20 heavy (non-hydrogen) atoms. The fourth-order valence-electron chi connectivity index (χ4n) is 1.79. The van der Waals surface area contributed by atoms with Gasteiger partial charge < -0.3 is 14.8 Å². The summed E-state index contributed by atoms with van der Waals surface area (Å²) in [5, 5.41) is 11.6. The van der Waals surface area contributed by atoms with Crippen molar-refractivity contribution in [2.24, 2.45) is 0 Å². The van der Waals surface area contributed by atoms with Crippen LogP contribution in [-0.2, 0) is 0 Å². The topological polar surface area (TPSA) is 62.5 Å². The normalized spacial score (nSPS) is 9.75. The van der Waals surface area contributed by atoms with Crippen LogP contribution >= 0.6 is 0 Å². The number of anilines is 1. The summed E-state index contributed by atoms with van der Waals surface area (Å²) in [6.07, 6.45) is 1.48. The average Bonchev–Trinajstić information content (AvgIpc) is 2.84. The van der Waals surface area contributed by atoms with Crippen molar-refractivity contribution in [3.05, 3.63) is 53.0 Å². The lowest BCUT2D eigenvalue weighted by molar-refractivity contribution is 0.0996. The highest BCUT2D eigenvalue weighted by Gasteiger charge is 2.14. The van der Waals surface area contributed by atoms with Gasteiger partial charge in [0.15, 0.2) is 5.76 Å². The lowest BCUT2D eigenvalue weighted by Crippen LogP contribution is -2.13. The van der Waals surface area contributed by atoms with E-state index in [2.05, 4.69) is 17.2 Å². The van der Waals surface area contributed by atoms with Crippen LogP contribution in [0.2, 0.25) is 0 Å². The van der Waals surface area contributed by atoms with Crippen molar-refractivity contribution >= 4 is 11.6 Å². The molecule has 2 rings (SSSR count). The second kappa shape index (κ2) is 6.09. The maximum atomic E-state index is 12.1. The SMILES string of the molecule is Cc1ccc(C#CCO)c(NC(=O)c2occc2C)c1. The van der Waals surface area contributed by atoms with Gasteiger partial charge >= 0.3 is 0 Å². The Morgan fingerprint density at radius 2 is 2.15 bits per heavy atom. The minimum atomic E-state index is -0.315. The van der Waals surface area contributed by atoms with Gasteiger partial charge in [0.2, 0.25) is 0 Å². The molecule has 0 bridgehead atoms. The summed E-state index contributed by atoms with van der Waals surface area (Å²) in [6, 6.07) is 7.27. The summed E-state index contributed by atoms with van der Waals surface area (Å²) < 4.78 is 5.16. The standard InChI is InChI=1S/C16H15NO3/c1-11-5-6-13(4-3-8-18)14(10-11)17-16(19)15-12(2)7-9-20-15/h5-7,9-10,18H,8H2,1-2H3,(H,17,19). The molecule has 1 aromatic heterocycles. The third kappa shape index (κ3) is 3.08. The summed E-state index contributed by atoms with van der Waals surface area (Å²) in [5.74, 6) is 5.35. The molecule has 2 aromatic rings. The summed E-state index contributed by atoms with van der Waals surface area (Å²) in [4.78, 5) is 12.1. The Hall–Kier alpha value is -2.51. The van der Waals surface area contributed by atoms with E-state index in [1.165, 1.54) is 6.26 Å². The average molecular weight is 269 g/mol. The number of nitrogens with one attached hydrogen (secondary N) is 1. The third-order valence-corrected chi connectivity index (χ3v) is 2.79. The van der Waals surface area contributed by atoms with Crippen LogP contribution in [0.15, 0.2) is 34.9 Å². The van der Waals surface area contributed by atoms with Crippen LogP contribution in [-0.4, -0.2) is 17.6 Å². The van der Waals surface area contributed by atoms with E-state index in [0.29, 0.717) is 11.3 Å². The lowest BCUT2D eigenvalue weighted by Gasteiger charge is -2.08. The smallest absolute Gasteiger partial charge is 0.291 e. The largest absolute Gasteiger partial charge is 0.459 e. The molecule has 4 heteroatoms. The number of aryl methyl sites for hydroxylation is 2. The Bertz CT molecular complexity index is 689. The molecule has 1 amide bonds. The first kappa shape index (κ1) is 13.9. The van der Waals surface area contributed by atoms with Crippen LogP contribution in [0.5, 0.6) is 0 Å². The molecule has 1 aromatic carbocycles. The van der Waals surface area contributed by atoms with E-state index < -0.39 is 0 Å². The number of carbonyl (C=O) groups excluding carboxylic acids is 1. The highest BCUT2D eigenvalue weighted by Crippen LogP contribution is 2.19. The second-order valence-corrected chi connectivity index (χ2v) is 4.40. The number of hydrogen-bond donors (Lipinski definition) is 2. The zero-order valence-electron chi connectivity index (χ0n) is 11.4. The van der Waals surface area contributed by atoms with Gasteiger partial charge in [-0.2, -0.15) is 0 Å². The molecule has 0 spiro atoms. The number of carbonyl (C=O) groups is 1. The van der Waals surface area contributed by atoms with Gasteiger partial charge in [0.25, 0.3) is 5.91 Å². The Kier molecular flexibility index (Phi) is 4.24. The summed E-state index contributed by atoms with van der Waals surface area (Å²) in [5.41, 5.74) is 3.04. The van der Waals surface area contributed by atoms with E-state index in [0.717, 1.165) is 11.1 Å². The van der Waals surface area contributed by atoms with Crippen LogP contribution in [0, 0.1) is 25.7 Å². The van der Waals surface area contributed by atoms with Gasteiger partial charge in [-0.25, -0.2) is 0 Å². The highest BCUT2D eigenvalue weighted by atomic mass is 16.3. The number of aliphatic hydroxyl groups excluding tert-OH is 1. The summed E-state index contributed by atoms with van der Waals surface area (Å²) in [7, 11) is 0. The van der Waals surface area contributed by atoms with Gasteiger partial charge in [0.05, 0.1) is 12.0 Å². The third-order valence-electron chi connectivity index (χ3n) is 2.79. The molecule has 0 saturated heterocycles. The van der Waals surface area contributed by atoms with Crippen LogP contribution < -0.4 is 5.32 Å². The second-order valence-electron chi connectivity index (χ2n) is 4.40. The maximum Gasteiger partial charge on any atom is 0.291 e. The van der Waals surface area contributed by atoms with E-state index in [1.807, 2.05) is 25.1 Å². The summed E-state index contributed by atoms with van der Waals surface area (Å²) in [6.45, 7) is 3.51. The monoisotopic (exact) mass is 269 g/mol. The quantitative estimate of drug-likeness (QED) is 0.823. The molecule has 0 fully saturated rings. The maximum absolute atomic E-state index is 12.1. The van der Waals surface area contributed by atoms with Crippen LogP contribution in [0.4, 0.5) is 5.69 Å². The minimum absolute atomic E-state index is 0.224. The molecule has 1 heterocycles. The van der Waals surface area contributed by atoms with Crippen molar-refractivity contribution in [1.82, 2.24) is 0 Å². The fourth-order valence-corrected chi connectivity index (χ4v) is 1.79. The van der Waals surface area contributed by atoms with Gasteiger partial charge in [-0.1, -0.05) is 17.9 Å². The van der Waals surface area contributed by atoms with Crippen molar-refractivity contribution in [3.63, 3.8) is 0 Å². The van der Waals surface area contributed by atoms with Crippen molar-refractivity contribution in [1.29, 1.82) is 0 Å². The Morgan fingerprint density at radius 1 is 1.35 bits per heavy atom. The molecule has 0 aliphatic rings. The molecule has 102 valence electrons. The first-order valence-electron chi connectivity index (χ1n) is 6.17. The van der Waals surface area contributed by atoms with Crippen molar-refractivity contribution in [3.8, 4) is 11.8 Å². The Labute approximate surface area is 117 Å². The van der Waals surface area contributed by atoms with Gasteiger partial charge in [0, 0.05) is 11.1 Å². The van der Waals surface area contributed by atoms with Gasteiger partial charge in [-0.3, -0.25) is 4.79 Å². The van der Waals surface area contributed by atoms with E-state index in [1.54, 1.807) is 13.0 Å². The lowest BCUT2D eigenvalue weighted by atomic mass is 10.1. The molecule has 0 atom stereocenters. The van der Waals surface area contributed by atoms with Gasteiger partial charge in [-0.15, -0.1) is 0 Å². The number of rotatable bonds is 2. The minimum Gasteiger partial charge on any atom is -0.459 e. The number of amides is 1. The van der Waals surface area contributed by atoms with E-state index in [-0.39, 0.29) is 18.3 Å². The number of aliphatic hydroxyl groups is 1. The molecule has 0 radical (unpaired) electrons. The molecule has 0 unspecified atom stereocenters. The number of hydrogen-bond acceptors (Lipinski definition) is 3. The molecule has 2 N–H and O–H groups in total. The molecule has 0 saturated carbocycles. The van der Waals surface area contributed by atoms with Crippen molar-refractivity contribution in [2.75, 3.05) is 11.9 Å². The van der Waals surface area contributed by atoms with E-state index >= 15 is 0 Å². The number of furan rings is 1. The Morgan fingerprint density at radius 3 is 2.80 bits per heavy atom. The van der Waals surface area contributed by atoms with E-state index in [4.69, 9.17) is 9.52 Å². The van der Waals surface area contributed by atoms with Crippen LogP contribution in [0.3, 0.4) is 0 Å². The zero-order valence-corrected chi connectivity index (χ0v) is 11.4. The van der Waals surface area contributed by atoms with Crippen LogP contribution in [0.25, 0.3) is 0 Å². The highest BCUT2D eigenvalue weighted by molar-refractivity contribution is 6.03. The molecular formula is C16H15NO3. The zero-order chi connectivity index (χ0) is 14.5. The Balaban J connectivity index is 2.31. The fraction of sp³-hybridized carbons (Fsp3) is 0.188. The van der Waals surface area contributed by atoms with Crippen LogP contribution in [0.1, 0.15) is 27.2 Å². The number of benzene rings is 1. The molecular weight excluding hydrogens is 254 g/mol. The molecule has 0 aliphatic heterocycles. The predicted octanol–water partition coefficient (Wildman–Crippen LogP) is 2.49. The van der Waals surface area contributed by atoms with Crippen molar-refractivity contribution in [2.45, 2.75) is 13.8 Å².